The van der Waals surface area contributed by atoms with Gasteiger partial charge in [0, 0.05) is 61.3 Å². The van der Waals surface area contributed by atoms with Crippen molar-refractivity contribution in [3.63, 3.8) is 0 Å². The maximum atomic E-state index is 13.9. The van der Waals surface area contributed by atoms with Gasteiger partial charge in [-0.05, 0) is 79.9 Å². The normalized spacial score (nSPS) is 17.4. The molecule has 232 valence electrons. The number of nitrogens with zero attached hydrogens (tertiary/aromatic N) is 5. The van der Waals surface area contributed by atoms with E-state index >= 15 is 0 Å². The minimum absolute atomic E-state index is 0.0682. The number of carbonyl (C=O) groups is 1. The standard InChI is InChI=1S/C34H37N7O3S/c1-3-16-41-30-21-25(23-4-6-24(7-5-23)33(42)36-26-9-10-26)8-15-29(30)32-31(45(41,43)44)22-35-34(38-32)37-27-11-13-28(14-12-27)40-19-17-39(2)18-20-40/h4-8,11-15,21-22,26H,3,9-10,16-20H2,1-2H3,(H,36,42)(H,35,37,38). The predicted molar refractivity (Wildman–Crippen MR) is 178 cm³/mol. The Morgan fingerprint density at radius 1 is 0.933 bits per heavy atom. The van der Waals surface area contributed by atoms with Crippen LogP contribution >= 0.6 is 0 Å². The maximum Gasteiger partial charge on any atom is 0.268 e. The maximum absolute atomic E-state index is 13.9. The van der Waals surface area contributed by atoms with Gasteiger partial charge < -0.3 is 20.4 Å². The molecule has 0 unspecified atom stereocenters. The van der Waals surface area contributed by atoms with E-state index in [0.717, 1.165) is 61.4 Å². The summed E-state index contributed by atoms with van der Waals surface area (Å²) in [6.45, 7) is 6.35. The van der Waals surface area contributed by atoms with Crippen LogP contribution in [0.15, 0.2) is 77.8 Å². The van der Waals surface area contributed by atoms with Crippen LogP contribution in [0.3, 0.4) is 0 Å². The third-order valence-electron chi connectivity index (χ3n) is 8.66. The monoisotopic (exact) mass is 623 g/mol. The smallest absolute Gasteiger partial charge is 0.268 e. The fraction of sp³-hybridized carbons (Fsp3) is 0.324. The largest absolute Gasteiger partial charge is 0.369 e. The molecule has 2 fully saturated rings. The molecule has 1 saturated carbocycles. The van der Waals surface area contributed by atoms with Crippen molar-refractivity contribution in [3.05, 3.63) is 78.5 Å². The van der Waals surface area contributed by atoms with Crippen molar-refractivity contribution < 1.29 is 13.2 Å². The molecule has 3 heterocycles. The summed E-state index contributed by atoms with van der Waals surface area (Å²) in [6, 6.07) is 21.7. The van der Waals surface area contributed by atoms with E-state index in [-0.39, 0.29) is 10.8 Å². The van der Waals surface area contributed by atoms with E-state index in [4.69, 9.17) is 4.98 Å². The van der Waals surface area contributed by atoms with Crippen LogP contribution in [-0.2, 0) is 10.0 Å². The number of aromatic nitrogens is 2. The van der Waals surface area contributed by atoms with E-state index in [9.17, 15) is 13.2 Å². The minimum Gasteiger partial charge on any atom is -0.369 e. The number of benzene rings is 3. The number of fused-ring (bicyclic) bond motifs is 3. The average molecular weight is 624 g/mol. The van der Waals surface area contributed by atoms with Crippen molar-refractivity contribution in [1.82, 2.24) is 20.2 Å². The number of likely N-dealkylation sites (N-methyl/N-ethyl adjacent to an activating group) is 1. The molecule has 11 heteroatoms. The van der Waals surface area contributed by atoms with E-state index in [1.54, 1.807) is 0 Å². The Labute approximate surface area is 264 Å². The summed E-state index contributed by atoms with van der Waals surface area (Å²) in [5, 5.41) is 6.28. The number of nitrogens with one attached hydrogen (secondary N) is 2. The summed E-state index contributed by atoms with van der Waals surface area (Å²) < 4.78 is 29.2. The highest BCUT2D eigenvalue weighted by Gasteiger charge is 2.36. The average Bonchev–Trinajstić information content (AvgIpc) is 3.88. The first-order chi connectivity index (χ1) is 21.8. The molecule has 3 aromatic carbocycles. The minimum atomic E-state index is -3.87. The zero-order valence-corrected chi connectivity index (χ0v) is 26.3. The third kappa shape index (κ3) is 5.85. The summed E-state index contributed by atoms with van der Waals surface area (Å²) >= 11 is 0. The summed E-state index contributed by atoms with van der Waals surface area (Å²) in [7, 11) is -1.73. The van der Waals surface area contributed by atoms with Gasteiger partial charge in [-0.15, -0.1) is 0 Å². The second-order valence-electron chi connectivity index (χ2n) is 12.0. The lowest BCUT2D eigenvalue weighted by molar-refractivity contribution is 0.0951. The van der Waals surface area contributed by atoms with Gasteiger partial charge in [-0.2, -0.15) is 0 Å². The first kappa shape index (κ1) is 29.2. The van der Waals surface area contributed by atoms with Gasteiger partial charge in [0.05, 0.1) is 17.6 Å². The van der Waals surface area contributed by atoms with Crippen LogP contribution in [0.4, 0.5) is 23.0 Å². The van der Waals surface area contributed by atoms with Crippen molar-refractivity contribution in [2.45, 2.75) is 37.1 Å². The van der Waals surface area contributed by atoms with Crippen LogP contribution in [0.2, 0.25) is 0 Å². The molecule has 4 aromatic rings. The topological polar surface area (TPSA) is 111 Å². The molecule has 7 rings (SSSR count). The zero-order valence-electron chi connectivity index (χ0n) is 25.5. The van der Waals surface area contributed by atoms with Crippen LogP contribution in [0.1, 0.15) is 36.5 Å². The fourth-order valence-corrected chi connectivity index (χ4v) is 7.54. The molecule has 0 bridgehead atoms. The molecule has 3 aliphatic rings. The quantitative estimate of drug-likeness (QED) is 0.279. The molecule has 10 nitrogen and oxygen atoms in total. The Morgan fingerprint density at radius 3 is 2.33 bits per heavy atom. The number of anilines is 4. The molecule has 2 N–H and O–H groups in total. The van der Waals surface area contributed by atoms with Gasteiger partial charge in [-0.3, -0.25) is 9.10 Å². The molecule has 0 spiro atoms. The number of carbonyl (C=O) groups excluding carboxylic acids is 1. The number of amides is 1. The summed E-state index contributed by atoms with van der Waals surface area (Å²) in [6.07, 6.45) is 4.12. The molecule has 45 heavy (non-hydrogen) atoms. The summed E-state index contributed by atoms with van der Waals surface area (Å²) in [5.41, 5.74) is 6.04. The van der Waals surface area contributed by atoms with E-state index in [1.807, 2.05) is 61.5 Å². The molecule has 0 radical (unpaired) electrons. The van der Waals surface area contributed by atoms with Gasteiger partial charge in [-0.1, -0.05) is 31.2 Å². The van der Waals surface area contributed by atoms with Crippen LogP contribution in [0.25, 0.3) is 22.4 Å². The lowest BCUT2D eigenvalue weighted by Gasteiger charge is -2.34. The molecule has 1 saturated heterocycles. The van der Waals surface area contributed by atoms with Crippen molar-refractivity contribution >= 4 is 38.9 Å². The van der Waals surface area contributed by atoms with Gasteiger partial charge in [0.1, 0.15) is 4.90 Å². The van der Waals surface area contributed by atoms with Crippen LogP contribution in [0.5, 0.6) is 0 Å². The van der Waals surface area contributed by atoms with Crippen molar-refractivity contribution in [1.29, 1.82) is 0 Å². The Balaban J connectivity index is 1.18. The molecule has 0 atom stereocenters. The van der Waals surface area contributed by atoms with Gasteiger partial charge in [-0.25, -0.2) is 18.4 Å². The third-order valence-corrected chi connectivity index (χ3v) is 10.5. The van der Waals surface area contributed by atoms with Crippen molar-refractivity contribution in [3.8, 4) is 22.4 Å². The van der Waals surface area contributed by atoms with E-state index in [1.165, 1.54) is 16.2 Å². The fourth-order valence-electron chi connectivity index (χ4n) is 5.88. The van der Waals surface area contributed by atoms with Gasteiger partial charge in [0.15, 0.2) is 0 Å². The van der Waals surface area contributed by atoms with Crippen LogP contribution in [0, 0.1) is 0 Å². The first-order valence-electron chi connectivity index (χ1n) is 15.6. The number of hydrogen-bond acceptors (Lipinski definition) is 8. The summed E-state index contributed by atoms with van der Waals surface area (Å²) in [5.74, 6) is 0.261. The Morgan fingerprint density at radius 2 is 1.64 bits per heavy atom. The molecular weight excluding hydrogens is 586 g/mol. The number of piperazine rings is 1. The molecule has 1 aromatic heterocycles. The molecule has 1 amide bonds. The SMILES string of the molecule is CCCN1c2cc(-c3ccc(C(=O)NC4CC4)cc3)ccc2-c2nc(Nc3ccc(N4CCN(C)CC4)cc3)ncc2S1(=O)=O. The second kappa shape index (κ2) is 11.8. The van der Waals surface area contributed by atoms with Crippen LogP contribution < -0.4 is 19.8 Å². The Hall–Kier alpha value is -4.48. The van der Waals surface area contributed by atoms with Crippen molar-refractivity contribution in [2.24, 2.45) is 0 Å². The number of hydrogen-bond donors (Lipinski definition) is 2. The Kier molecular flexibility index (Phi) is 7.66. The van der Waals surface area contributed by atoms with Crippen molar-refractivity contribution in [2.75, 3.05) is 54.3 Å². The molecular formula is C34H37N7O3S. The van der Waals surface area contributed by atoms with E-state index in [2.05, 4.69) is 44.6 Å². The zero-order chi connectivity index (χ0) is 31.1. The predicted octanol–water partition coefficient (Wildman–Crippen LogP) is 5.12. The molecule has 1 aliphatic carbocycles. The highest BCUT2D eigenvalue weighted by molar-refractivity contribution is 7.93. The lowest BCUT2D eigenvalue weighted by atomic mass is 9.99. The number of sulfonamides is 1. The highest BCUT2D eigenvalue weighted by Crippen LogP contribution is 2.44. The second-order valence-corrected chi connectivity index (χ2v) is 13.8. The number of rotatable bonds is 8. The van der Waals surface area contributed by atoms with E-state index < -0.39 is 10.0 Å². The highest BCUT2D eigenvalue weighted by atomic mass is 32.2. The Bertz CT molecular complexity index is 1830. The van der Waals surface area contributed by atoms with Gasteiger partial charge in [0.25, 0.3) is 15.9 Å². The first-order valence-corrected chi connectivity index (χ1v) is 17.0. The lowest BCUT2D eigenvalue weighted by Crippen LogP contribution is -2.44. The van der Waals surface area contributed by atoms with Gasteiger partial charge >= 0.3 is 0 Å². The van der Waals surface area contributed by atoms with Gasteiger partial charge in [0.2, 0.25) is 5.95 Å². The molecule has 2 aliphatic heterocycles. The van der Waals surface area contributed by atoms with Crippen LogP contribution in [-0.4, -0.2) is 75.0 Å². The summed E-state index contributed by atoms with van der Waals surface area (Å²) in [4.78, 5) is 26.4. The van der Waals surface area contributed by atoms with E-state index in [0.29, 0.717) is 41.9 Å².